The molecule has 0 aliphatic heterocycles. The standard InChI is InChI=1S/C11H10N4O3/c12-6-8-5-10(13-14-11(8)16)7-2-1-3-9(4-7)15(17)18/h1-5H,6,12H2,(H,14,16). The first-order valence-electron chi connectivity index (χ1n) is 5.15. The highest BCUT2D eigenvalue weighted by Gasteiger charge is 2.09. The molecule has 3 N–H and O–H groups in total. The molecule has 1 aromatic carbocycles. The molecule has 7 heteroatoms. The van der Waals surface area contributed by atoms with Gasteiger partial charge in [0.15, 0.2) is 0 Å². The Morgan fingerprint density at radius 3 is 2.83 bits per heavy atom. The van der Waals surface area contributed by atoms with E-state index in [1.165, 1.54) is 18.2 Å². The fraction of sp³-hybridized carbons (Fsp3) is 0.0909. The molecule has 18 heavy (non-hydrogen) atoms. The summed E-state index contributed by atoms with van der Waals surface area (Å²) in [6.45, 7) is 0.0831. The van der Waals surface area contributed by atoms with Crippen molar-refractivity contribution in [2.75, 3.05) is 0 Å². The molecule has 0 amide bonds. The van der Waals surface area contributed by atoms with Crippen LogP contribution in [0.15, 0.2) is 35.1 Å². The number of nitrogens with zero attached hydrogens (tertiary/aromatic N) is 2. The third kappa shape index (κ3) is 2.25. The van der Waals surface area contributed by atoms with E-state index in [-0.39, 0.29) is 17.8 Å². The Morgan fingerprint density at radius 1 is 1.39 bits per heavy atom. The van der Waals surface area contributed by atoms with Gasteiger partial charge < -0.3 is 5.73 Å². The van der Waals surface area contributed by atoms with Crippen LogP contribution < -0.4 is 11.3 Å². The van der Waals surface area contributed by atoms with Crippen molar-refractivity contribution in [3.05, 3.63) is 56.4 Å². The molecule has 7 nitrogen and oxygen atoms in total. The second-order valence-corrected chi connectivity index (χ2v) is 3.62. The highest BCUT2D eigenvalue weighted by Crippen LogP contribution is 2.21. The Hall–Kier alpha value is -2.54. The number of aromatic amines is 1. The molecule has 0 saturated heterocycles. The second kappa shape index (κ2) is 4.76. The molecule has 0 saturated carbocycles. The van der Waals surface area contributed by atoms with E-state index in [0.717, 1.165) is 0 Å². The molecule has 0 aliphatic rings. The summed E-state index contributed by atoms with van der Waals surface area (Å²) in [5, 5.41) is 16.8. The molecule has 0 aliphatic carbocycles. The van der Waals surface area contributed by atoms with E-state index in [4.69, 9.17) is 5.73 Å². The molecule has 0 fully saturated rings. The van der Waals surface area contributed by atoms with Crippen molar-refractivity contribution in [3.8, 4) is 11.3 Å². The lowest BCUT2D eigenvalue weighted by Gasteiger charge is -2.02. The van der Waals surface area contributed by atoms with E-state index in [1.54, 1.807) is 12.1 Å². The van der Waals surface area contributed by atoms with Crippen LogP contribution in [0.5, 0.6) is 0 Å². The van der Waals surface area contributed by atoms with Gasteiger partial charge in [-0.1, -0.05) is 12.1 Å². The third-order valence-electron chi connectivity index (χ3n) is 2.45. The summed E-state index contributed by atoms with van der Waals surface area (Å²) in [5.74, 6) is 0. The second-order valence-electron chi connectivity index (χ2n) is 3.62. The minimum absolute atomic E-state index is 0.0326. The molecule has 1 aromatic heterocycles. The van der Waals surface area contributed by atoms with E-state index >= 15 is 0 Å². The van der Waals surface area contributed by atoms with Crippen molar-refractivity contribution in [3.63, 3.8) is 0 Å². The van der Waals surface area contributed by atoms with Gasteiger partial charge in [-0.2, -0.15) is 5.10 Å². The smallest absolute Gasteiger partial charge is 0.270 e. The summed E-state index contributed by atoms with van der Waals surface area (Å²) in [6.07, 6.45) is 0. The summed E-state index contributed by atoms with van der Waals surface area (Å²) in [6, 6.07) is 7.54. The number of rotatable bonds is 3. The number of nitro benzene ring substituents is 1. The van der Waals surface area contributed by atoms with Gasteiger partial charge in [0.1, 0.15) is 0 Å². The topological polar surface area (TPSA) is 115 Å². The van der Waals surface area contributed by atoms with Gasteiger partial charge >= 0.3 is 0 Å². The van der Waals surface area contributed by atoms with Gasteiger partial charge in [-0.05, 0) is 6.07 Å². The van der Waals surface area contributed by atoms with Crippen molar-refractivity contribution in [1.29, 1.82) is 0 Å². The lowest BCUT2D eigenvalue weighted by Crippen LogP contribution is -2.17. The molecule has 0 atom stereocenters. The van der Waals surface area contributed by atoms with E-state index in [9.17, 15) is 14.9 Å². The van der Waals surface area contributed by atoms with Crippen molar-refractivity contribution in [2.45, 2.75) is 6.54 Å². The van der Waals surface area contributed by atoms with Gasteiger partial charge in [-0.25, -0.2) is 5.10 Å². The van der Waals surface area contributed by atoms with Gasteiger partial charge in [-0.3, -0.25) is 14.9 Å². The molecule has 0 bridgehead atoms. The molecule has 2 rings (SSSR count). The average molecular weight is 246 g/mol. The fourth-order valence-corrected chi connectivity index (χ4v) is 1.52. The zero-order valence-corrected chi connectivity index (χ0v) is 9.29. The van der Waals surface area contributed by atoms with Crippen LogP contribution in [0, 0.1) is 10.1 Å². The van der Waals surface area contributed by atoms with Gasteiger partial charge in [-0.15, -0.1) is 0 Å². The van der Waals surface area contributed by atoms with E-state index in [0.29, 0.717) is 16.8 Å². The zero-order chi connectivity index (χ0) is 13.1. The quantitative estimate of drug-likeness (QED) is 0.614. The fourth-order valence-electron chi connectivity index (χ4n) is 1.52. The summed E-state index contributed by atoms with van der Waals surface area (Å²) in [7, 11) is 0. The molecule has 0 spiro atoms. The molecule has 1 heterocycles. The number of aromatic nitrogens is 2. The van der Waals surface area contributed by atoms with Crippen molar-refractivity contribution >= 4 is 5.69 Å². The largest absolute Gasteiger partial charge is 0.326 e. The summed E-state index contributed by atoms with van der Waals surface area (Å²) in [5.41, 5.74) is 6.41. The Bertz CT molecular complexity index is 651. The molecular formula is C11H10N4O3. The monoisotopic (exact) mass is 246 g/mol. The minimum atomic E-state index is -0.487. The number of nitrogens with one attached hydrogen (secondary N) is 1. The number of nitro groups is 1. The van der Waals surface area contributed by atoms with Crippen LogP contribution in [-0.2, 0) is 6.54 Å². The highest BCUT2D eigenvalue weighted by atomic mass is 16.6. The first-order valence-corrected chi connectivity index (χ1v) is 5.15. The highest BCUT2D eigenvalue weighted by molar-refractivity contribution is 5.62. The van der Waals surface area contributed by atoms with Gasteiger partial charge in [0.25, 0.3) is 11.2 Å². The Balaban J connectivity index is 2.51. The number of non-ortho nitro benzene ring substituents is 1. The van der Waals surface area contributed by atoms with Gasteiger partial charge in [0.2, 0.25) is 0 Å². The summed E-state index contributed by atoms with van der Waals surface area (Å²) >= 11 is 0. The predicted octanol–water partition coefficient (Wildman–Crippen LogP) is 0.804. The van der Waals surface area contributed by atoms with E-state index < -0.39 is 4.92 Å². The van der Waals surface area contributed by atoms with Crippen LogP contribution in [0.25, 0.3) is 11.3 Å². The number of hydrogen-bond donors (Lipinski definition) is 2. The van der Waals surface area contributed by atoms with Crippen molar-refractivity contribution in [2.24, 2.45) is 5.73 Å². The summed E-state index contributed by atoms with van der Waals surface area (Å²) in [4.78, 5) is 21.5. The maximum absolute atomic E-state index is 11.3. The van der Waals surface area contributed by atoms with Crippen LogP contribution in [0.1, 0.15) is 5.56 Å². The van der Waals surface area contributed by atoms with Crippen LogP contribution in [0.4, 0.5) is 5.69 Å². The van der Waals surface area contributed by atoms with Crippen LogP contribution in [-0.4, -0.2) is 15.1 Å². The summed E-state index contributed by atoms with van der Waals surface area (Å²) < 4.78 is 0. The number of H-pyrrole nitrogens is 1. The van der Waals surface area contributed by atoms with Crippen molar-refractivity contribution in [1.82, 2.24) is 10.2 Å². The Labute approximate surface area is 101 Å². The van der Waals surface area contributed by atoms with Crippen molar-refractivity contribution < 1.29 is 4.92 Å². The maximum Gasteiger partial charge on any atom is 0.270 e. The normalized spacial score (nSPS) is 10.3. The Kier molecular flexibility index (Phi) is 3.16. The average Bonchev–Trinajstić information content (AvgIpc) is 2.39. The SMILES string of the molecule is NCc1cc(-c2cccc([N+](=O)[O-])c2)n[nH]c1=O. The third-order valence-corrected chi connectivity index (χ3v) is 2.45. The number of nitrogens with two attached hydrogens (primary N) is 1. The molecule has 2 aromatic rings. The van der Waals surface area contributed by atoms with Crippen LogP contribution in [0.3, 0.4) is 0 Å². The minimum Gasteiger partial charge on any atom is -0.326 e. The molecule has 0 unspecified atom stereocenters. The molecular weight excluding hydrogens is 236 g/mol. The molecule has 92 valence electrons. The number of benzene rings is 1. The van der Waals surface area contributed by atoms with Gasteiger partial charge in [0.05, 0.1) is 10.6 Å². The lowest BCUT2D eigenvalue weighted by molar-refractivity contribution is -0.384. The molecule has 0 radical (unpaired) electrons. The Morgan fingerprint density at radius 2 is 2.17 bits per heavy atom. The first kappa shape index (κ1) is 11.9. The predicted molar refractivity (Wildman–Crippen MR) is 64.8 cm³/mol. The first-order chi connectivity index (χ1) is 8.61. The van der Waals surface area contributed by atoms with E-state index in [2.05, 4.69) is 10.2 Å². The zero-order valence-electron chi connectivity index (χ0n) is 9.29. The lowest BCUT2D eigenvalue weighted by atomic mass is 10.1. The van der Waals surface area contributed by atoms with E-state index in [1.807, 2.05) is 0 Å². The maximum atomic E-state index is 11.3. The number of hydrogen-bond acceptors (Lipinski definition) is 5. The van der Waals surface area contributed by atoms with Crippen LogP contribution >= 0.6 is 0 Å². The van der Waals surface area contributed by atoms with Gasteiger partial charge in [0, 0.05) is 29.8 Å². The van der Waals surface area contributed by atoms with Crippen LogP contribution in [0.2, 0.25) is 0 Å².